The quantitative estimate of drug-likeness (QED) is 0.665. The molecule has 0 spiro atoms. The molecule has 0 saturated carbocycles. The molecule has 0 aliphatic carbocycles. The molecular weight excluding hydrogens is 382 g/mol. The Morgan fingerprint density at radius 1 is 1.20 bits per heavy atom. The number of anilines is 1. The van der Waals surface area contributed by atoms with Gasteiger partial charge in [-0.1, -0.05) is 24.1 Å². The van der Waals surface area contributed by atoms with E-state index in [0.717, 1.165) is 34.0 Å². The first-order valence-corrected chi connectivity index (χ1v) is 9.61. The molecule has 0 bridgehead atoms. The number of fused-ring (bicyclic) bond motifs is 2. The highest BCUT2D eigenvalue weighted by molar-refractivity contribution is 5.94. The fourth-order valence-electron chi connectivity index (χ4n) is 3.82. The third-order valence-electron chi connectivity index (χ3n) is 5.26. The van der Waals surface area contributed by atoms with Gasteiger partial charge in [0.25, 0.3) is 0 Å². The van der Waals surface area contributed by atoms with E-state index in [-0.39, 0.29) is 25.2 Å². The third-order valence-corrected chi connectivity index (χ3v) is 5.26. The van der Waals surface area contributed by atoms with Gasteiger partial charge in [-0.2, -0.15) is 5.10 Å². The first-order valence-electron chi connectivity index (χ1n) is 9.61. The molecule has 0 saturated heterocycles. The summed E-state index contributed by atoms with van der Waals surface area (Å²) in [6.45, 7) is 0.972. The maximum atomic E-state index is 12.4. The van der Waals surface area contributed by atoms with Crippen molar-refractivity contribution >= 4 is 11.7 Å². The molecule has 5 rings (SSSR count). The van der Waals surface area contributed by atoms with Crippen molar-refractivity contribution in [2.45, 2.75) is 18.9 Å². The molecule has 150 valence electrons. The van der Waals surface area contributed by atoms with E-state index in [1.165, 1.54) is 0 Å². The van der Waals surface area contributed by atoms with Gasteiger partial charge in [-0.3, -0.25) is 4.79 Å². The predicted octanol–water partition coefficient (Wildman–Crippen LogP) is 3.15. The van der Waals surface area contributed by atoms with E-state index in [4.69, 9.17) is 20.6 Å². The minimum absolute atomic E-state index is 0.0346. The van der Waals surface area contributed by atoms with Gasteiger partial charge in [0, 0.05) is 17.9 Å². The van der Waals surface area contributed by atoms with Crippen molar-refractivity contribution in [1.82, 2.24) is 9.78 Å². The molecule has 1 aromatic heterocycles. The van der Waals surface area contributed by atoms with Gasteiger partial charge in [-0.15, -0.1) is 6.42 Å². The van der Waals surface area contributed by atoms with E-state index in [1.54, 1.807) is 4.68 Å². The molecule has 0 fully saturated rings. The van der Waals surface area contributed by atoms with Crippen LogP contribution in [-0.2, 0) is 11.3 Å². The molecule has 1 atom stereocenters. The van der Waals surface area contributed by atoms with Crippen molar-refractivity contribution in [3.8, 4) is 29.6 Å². The number of nitrogens with zero attached hydrogens (tertiary/aromatic N) is 2. The molecule has 0 radical (unpaired) electrons. The van der Waals surface area contributed by atoms with Crippen molar-refractivity contribution in [3.63, 3.8) is 0 Å². The topological polar surface area (TPSA) is 74.6 Å². The van der Waals surface area contributed by atoms with Gasteiger partial charge in [0.05, 0.1) is 12.7 Å². The summed E-state index contributed by atoms with van der Waals surface area (Å²) in [6.07, 6.45) is 7.43. The molecule has 7 nitrogen and oxygen atoms in total. The van der Waals surface area contributed by atoms with Crippen LogP contribution >= 0.6 is 0 Å². The summed E-state index contributed by atoms with van der Waals surface area (Å²) < 4.78 is 18.1. The van der Waals surface area contributed by atoms with Gasteiger partial charge in [0.15, 0.2) is 11.5 Å². The van der Waals surface area contributed by atoms with Gasteiger partial charge >= 0.3 is 0 Å². The van der Waals surface area contributed by atoms with Gasteiger partial charge < -0.3 is 19.5 Å². The van der Waals surface area contributed by atoms with E-state index >= 15 is 0 Å². The Bertz CT molecular complexity index is 1140. The Labute approximate surface area is 173 Å². The maximum absolute atomic E-state index is 12.4. The lowest BCUT2D eigenvalue weighted by Gasteiger charge is -2.24. The van der Waals surface area contributed by atoms with E-state index in [1.807, 2.05) is 48.7 Å². The highest BCUT2D eigenvalue weighted by Crippen LogP contribution is 2.38. The predicted molar refractivity (Wildman–Crippen MR) is 110 cm³/mol. The Morgan fingerprint density at radius 2 is 2.03 bits per heavy atom. The van der Waals surface area contributed by atoms with E-state index in [2.05, 4.69) is 16.3 Å². The number of terminal acetylenes is 1. The summed E-state index contributed by atoms with van der Waals surface area (Å²) in [5.74, 6) is 5.24. The lowest BCUT2D eigenvalue weighted by atomic mass is 9.87. The van der Waals surface area contributed by atoms with Crippen molar-refractivity contribution in [2.24, 2.45) is 0 Å². The molecule has 30 heavy (non-hydrogen) atoms. The molecule has 1 amide bonds. The van der Waals surface area contributed by atoms with Gasteiger partial charge in [-0.05, 0) is 35.4 Å². The van der Waals surface area contributed by atoms with Crippen LogP contribution in [0.1, 0.15) is 29.0 Å². The Hall–Kier alpha value is -3.92. The summed E-state index contributed by atoms with van der Waals surface area (Å²) in [4.78, 5) is 12.4. The Morgan fingerprint density at radius 3 is 2.87 bits per heavy atom. The summed E-state index contributed by atoms with van der Waals surface area (Å²) in [6, 6.07) is 13.5. The molecule has 3 heterocycles. The van der Waals surface area contributed by atoms with E-state index in [9.17, 15) is 4.79 Å². The lowest BCUT2D eigenvalue weighted by molar-refractivity contribution is -0.116. The van der Waals surface area contributed by atoms with Crippen LogP contribution in [0, 0.1) is 12.3 Å². The lowest BCUT2D eigenvalue weighted by Crippen LogP contribution is -2.25. The van der Waals surface area contributed by atoms with E-state index < -0.39 is 0 Å². The summed E-state index contributed by atoms with van der Waals surface area (Å²) in [5.41, 5.74) is 3.03. The average molecular weight is 401 g/mol. The number of nitrogens with one attached hydrogen (secondary N) is 1. The maximum Gasteiger partial charge on any atom is 0.231 e. The minimum Gasteiger partial charge on any atom is -0.481 e. The summed E-state index contributed by atoms with van der Waals surface area (Å²) in [7, 11) is 0. The number of hydrogen-bond donors (Lipinski definition) is 1. The molecule has 3 aromatic rings. The van der Waals surface area contributed by atoms with Crippen molar-refractivity contribution in [2.75, 3.05) is 18.7 Å². The molecule has 2 aromatic carbocycles. The van der Waals surface area contributed by atoms with Crippen LogP contribution < -0.4 is 19.5 Å². The largest absolute Gasteiger partial charge is 0.481 e. The second-order valence-electron chi connectivity index (χ2n) is 7.16. The minimum atomic E-state index is -0.0686. The number of ether oxygens (including phenoxy) is 3. The summed E-state index contributed by atoms with van der Waals surface area (Å²) >= 11 is 0. The molecule has 0 unspecified atom stereocenters. The number of aromatic nitrogens is 2. The molecule has 1 N–H and O–H groups in total. The second-order valence-corrected chi connectivity index (χ2v) is 7.16. The highest BCUT2D eigenvalue weighted by atomic mass is 16.7. The first kappa shape index (κ1) is 18.1. The second kappa shape index (κ2) is 7.48. The number of carbonyl (C=O) groups excluding carboxylic acids is 1. The van der Waals surface area contributed by atoms with Gasteiger partial charge in [0.1, 0.15) is 18.2 Å². The monoisotopic (exact) mass is 401 g/mol. The smallest absolute Gasteiger partial charge is 0.231 e. The number of carbonyl (C=O) groups is 1. The average Bonchev–Trinajstić information content (AvgIpc) is 3.39. The van der Waals surface area contributed by atoms with Crippen LogP contribution in [0.2, 0.25) is 0 Å². The zero-order valence-electron chi connectivity index (χ0n) is 16.1. The van der Waals surface area contributed by atoms with Gasteiger partial charge in [0.2, 0.25) is 12.7 Å². The standard InChI is InChI=1S/C23H19N3O4/c1-2-9-28-17-6-4-16(5-7-17)18-11-22(27)25-23-19(18)12-24-26(23)13-15-3-8-20-21(10-15)30-14-29-20/h1,3-8,10,12,18H,9,11,13-14H2,(H,25,27)/t18-/m1/s1. The van der Waals surface area contributed by atoms with Gasteiger partial charge in [-0.25, -0.2) is 4.68 Å². The fourth-order valence-corrected chi connectivity index (χ4v) is 3.82. The molecule has 2 aliphatic heterocycles. The van der Waals surface area contributed by atoms with Crippen molar-refractivity contribution in [1.29, 1.82) is 0 Å². The SMILES string of the molecule is C#CCOc1ccc([C@H]2CC(=O)Nc3c2cnn3Cc2ccc3c(c2)OCO3)cc1. The summed E-state index contributed by atoms with van der Waals surface area (Å²) in [5, 5.41) is 7.52. The number of benzene rings is 2. The molecular formula is C23H19N3O4. The normalized spacial score (nSPS) is 16.5. The molecule has 7 heteroatoms. The molecule has 2 aliphatic rings. The van der Waals surface area contributed by atoms with Crippen LogP contribution in [0.4, 0.5) is 5.82 Å². The van der Waals surface area contributed by atoms with Crippen LogP contribution in [0.25, 0.3) is 0 Å². The van der Waals surface area contributed by atoms with Crippen LogP contribution in [0.5, 0.6) is 17.2 Å². The Balaban J connectivity index is 1.41. The van der Waals surface area contributed by atoms with Crippen LogP contribution in [-0.4, -0.2) is 29.1 Å². The van der Waals surface area contributed by atoms with Crippen molar-refractivity contribution < 1.29 is 19.0 Å². The van der Waals surface area contributed by atoms with E-state index in [0.29, 0.717) is 18.7 Å². The number of rotatable bonds is 5. The highest BCUT2D eigenvalue weighted by Gasteiger charge is 2.30. The van der Waals surface area contributed by atoms with Crippen molar-refractivity contribution in [3.05, 3.63) is 65.4 Å². The fraction of sp³-hybridized carbons (Fsp3) is 0.217. The zero-order chi connectivity index (χ0) is 20.5. The van der Waals surface area contributed by atoms with Crippen LogP contribution in [0.3, 0.4) is 0 Å². The Kier molecular flexibility index (Phi) is 4.52. The number of hydrogen-bond acceptors (Lipinski definition) is 5. The zero-order valence-corrected chi connectivity index (χ0v) is 16.1. The first-order chi connectivity index (χ1) is 14.7. The number of amides is 1. The third kappa shape index (κ3) is 3.33. The van der Waals surface area contributed by atoms with Crippen LogP contribution in [0.15, 0.2) is 48.7 Å².